The molecule has 1 nitrogen and oxygen atoms in total. The molecule has 0 aliphatic carbocycles. The standard InChI is InChI=1S/C15H13Br2F2N/c1-8-5-12(17)10(7-11(8)16)15(20-2)9-3-4-13(18)14(19)6-9/h3-7,15,20H,1-2H3. The molecule has 2 rings (SSSR count). The molecule has 2 aromatic carbocycles. The van der Waals surface area contributed by atoms with Crippen LogP contribution in [0, 0.1) is 18.6 Å². The number of aryl methyl sites for hydroxylation is 1. The van der Waals surface area contributed by atoms with Gasteiger partial charge in [0.1, 0.15) is 0 Å². The Morgan fingerprint density at radius 1 is 1.00 bits per heavy atom. The summed E-state index contributed by atoms with van der Waals surface area (Å²) >= 11 is 7.02. The second kappa shape index (κ2) is 6.33. The van der Waals surface area contributed by atoms with E-state index in [2.05, 4.69) is 37.2 Å². The van der Waals surface area contributed by atoms with E-state index in [1.165, 1.54) is 6.07 Å². The van der Waals surface area contributed by atoms with E-state index in [9.17, 15) is 8.78 Å². The van der Waals surface area contributed by atoms with E-state index in [0.29, 0.717) is 5.56 Å². The molecular weight excluding hydrogens is 392 g/mol. The minimum Gasteiger partial charge on any atom is -0.309 e. The van der Waals surface area contributed by atoms with Gasteiger partial charge in [-0.1, -0.05) is 37.9 Å². The van der Waals surface area contributed by atoms with Crippen molar-refractivity contribution in [3.63, 3.8) is 0 Å². The van der Waals surface area contributed by atoms with E-state index >= 15 is 0 Å². The van der Waals surface area contributed by atoms with Crippen molar-refractivity contribution in [1.82, 2.24) is 5.32 Å². The minimum atomic E-state index is -0.843. The van der Waals surface area contributed by atoms with Crippen molar-refractivity contribution in [1.29, 1.82) is 0 Å². The van der Waals surface area contributed by atoms with Crippen LogP contribution >= 0.6 is 31.9 Å². The first kappa shape index (κ1) is 15.6. The third-order valence-electron chi connectivity index (χ3n) is 3.15. The number of halogens is 4. The smallest absolute Gasteiger partial charge is 0.159 e. The zero-order valence-corrected chi connectivity index (χ0v) is 14.1. The van der Waals surface area contributed by atoms with Gasteiger partial charge in [0.05, 0.1) is 6.04 Å². The van der Waals surface area contributed by atoms with E-state index < -0.39 is 11.6 Å². The van der Waals surface area contributed by atoms with Crippen LogP contribution < -0.4 is 5.32 Å². The lowest BCUT2D eigenvalue weighted by Gasteiger charge is -2.20. The molecule has 106 valence electrons. The molecule has 0 radical (unpaired) electrons. The fourth-order valence-electron chi connectivity index (χ4n) is 2.08. The fraction of sp³-hybridized carbons (Fsp3) is 0.200. The van der Waals surface area contributed by atoms with E-state index in [0.717, 1.165) is 26.1 Å². The van der Waals surface area contributed by atoms with Gasteiger partial charge >= 0.3 is 0 Å². The summed E-state index contributed by atoms with van der Waals surface area (Å²) in [6, 6.07) is 7.69. The van der Waals surface area contributed by atoms with Crippen LogP contribution in [0.4, 0.5) is 8.78 Å². The molecule has 0 aromatic heterocycles. The monoisotopic (exact) mass is 403 g/mol. The molecule has 0 saturated carbocycles. The van der Waals surface area contributed by atoms with Crippen LogP contribution in [0.3, 0.4) is 0 Å². The minimum absolute atomic E-state index is 0.226. The second-order valence-corrected chi connectivity index (χ2v) is 6.23. The lowest BCUT2D eigenvalue weighted by atomic mass is 9.98. The summed E-state index contributed by atoms with van der Waals surface area (Å²) in [7, 11) is 1.78. The molecule has 1 atom stereocenters. The van der Waals surface area contributed by atoms with Crippen molar-refractivity contribution >= 4 is 31.9 Å². The maximum Gasteiger partial charge on any atom is 0.159 e. The van der Waals surface area contributed by atoms with Crippen LogP contribution in [-0.2, 0) is 0 Å². The summed E-state index contributed by atoms with van der Waals surface area (Å²) in [5, 5.41) is 3.13. The predicted molar refractivity (Wildman–Crippen MR) is 83.8 cm³/mol. The summed E-state index contributed by atoms with van der Waals surface area (Å²) in [6.45, 7) is 1.99. The second-order valence-electron chi connectivity index (χ2n) is 4.52. The molecule has 0 aliphatic heterocycles. The maximum absolute atomic E-state index is 13.4. The zero-order valence-electron chi connectivity index (χ0n) is 11.0. The maximum atomic E-state index is 13.4. The first-order chi connectivity index (χ1) is 9.43. The van der Waals surface area contributed by atoms with Crippen molar-refractivity contribution in [2.24, 2.45) is 0 Å². The molecular formula is C15H13Br2F2N. The van der Waals surface area contributed by atoms with Gasteiger partial charge in [0.25, 0.3) is 0 Å². The van der Waals surface area contributed by atoms with Crippen LogP contribution in [0.25, 0.3) is 0 Å². The Kier molecular flexibility index (Phi) is 4.94. The molecule has 5 heteroatoms. The molecule has 20 heavy (non-hydrogen) atoms. The number of rotatable bonds is 3. The molecule has 2 aromatic rings. The summed E-state index contributed by atoms with van der Waals surface area (Å²) in [5.41, 5.74) is 2.72. The van der Waals surface area contributed by atoms with Crippen molar-refractivity contribution in [2.45, 2.75) is 13.0 Å². The van der Waals surface area contributed by atoms with Gasteiger partial charge in [0, 0.05) is 8.95 Å². The first-order valence-electron chi connectivity index (χ1n) is 6.01. The highest BCUT2D eigenvalue weighted by Gasteiger charge is 2.18. The molecule has 0 spiro atoms. The summed E-state index contributed by atoms with van der Waals surface area (Å²) in [6.07, 6.45) is 0. The SMILES string of the molecule is CNC(c1ccc(F)c(F)c1)c1cc(Br)c(C)cc1Br. The summed E-state index contributed by atoms with van der Waals surface area (Å²) in [5.74, 6) is -1.68. The van der Waals surface area contributed by atoms with E-state index in [4.69, 9.17) is 0 Å². The van der Waals surface area contributed by atoms with Crippen molar-refractivity contribution in [3.05, 3.63) is 67.6 Å². The van der Waals surface area contributed by atoms with Crippen LogP contribution in [-0.4, -0.2) is 7.05 Å². The van der Waals surface area contributed by atoms with Gasteiger partial charge in [-0.15, -0.1) is 0 Å². The number of nitrogens with one attached hydrogen (secondary N) is 1. The van der Waals surface area contributed by atoms with Gasteiger partial charge in [-0.3, -0.25) is 0 Å². The van der Waals surface area contributed by atoms with Gasteiger partial charge in [-0.05, 0) is 54.9 Å². The van der Waals surface area contributed by atoms with E-state index in [1.807, 2.05) is 19.1 Å². The van der Waals surface area contributed by atoms with Crippen molar-refractivity contribution in [2.75, 3.05) is 7.05 Å². The number of hydrogen-bond acceptors (Lipinski definition) is 1. The normalized spacial score (nSPS) is 12.5. The van der Waals surface area contributed by atoms with Gasteiger partial charge in [-0.25, -0.2) is 8.78 Å². The lowest BCUT2D eigenvalue weighted by molar-refractivity contribution is 0.505. The highest BCUT2D eigenvalue weighted by molar-refractivity contribution is 9.11. The highest BCUT2D eigenvalue weighted by Crippen LogP contribution is 2.33. The lowest BCUT2D eigenvalue weighted by Crippen LogP contribution is -2.18. The Labute approximate surface area is 133 Å². The molecule has 0 heterocycles. The quantitative estimate of drug-likeness (QED) is 0.749. The number of hydrogen-bond donors (Lipinski definition) is 1. The molecule has 0 bridgehead atoms. The fourth-order valence-corrected chi connectivity index (χ4v) is 3.12. The highest BCUT2D eigenvalue weighted by atomic mass is 79.9. The van der Waals surface area contributed by atoms with Gasteiger partial charge in [0.2, 0.25) is 0 Å². The van der Waals surface area contributed by atoms with Crippen LogP contribution in [0.15, 0.2) is 39.3 Å². The molecule has 0 fully saturated rings. The molecule has 0 aliphatic rings. The Morgan fingerprint density at radius 3 is 2.30 bits per heavy atom. The Balaban J connectivity index is 2.52. The summed E-state index contributed by atoms with van der Waals surface area (Å²) in [4.78, 5) is 0. The van der Waals surface area contributed by atoms with Gasteiger partial charge in [0.15, 0.2) is 11.6 Å². The average Bonchev–Trinajstić information content (AvgIpc) is 2.40. The van der Waals surface area contributed by atoms with Crippen molar-refractivity contribution in [3.8, 4) is 0 Å². The molecule has 1 unspecified atom stereocenters. The van der Waals surface area contributed by atoms with Crippen LogP contribution in [0.1, 0.15) is 22.7 Å². The third-order valence-corrected chi connectivity index (χ3v) is 4.70. The Bertz CT molecular complexity index is 644. The van der Waals surface area contributed by atoms with Crippen molar-refractivity contribution < 1.29 is 8.78 Å². The van der Waals surface area contributed by atoms with Gasteiger partial charge < -0.3 is 5.32 Å². The third kappa shape index (κ3) is 3.10. The molecule has 0 amide bonds. The van der Waals surface area contributed by atoms with Crippen LogP contribution in [0.5, 0.6) is 0 Å². The van der Waals surface area contributed by atoms with Crippen LogP contribution in [0.2, 0.25) is 0 Å². The van der Waals surface area contributed by atoms with E-state index in [-0.39, 0.29) is 6.04 Å². The van der Waals surface area contributed by atoms with Gasteiger partial charge in [-0.2, -0.15) is 0 Å². The first-order valence-corrected chi connectivity index (χ1v) is 7.60. The predicted octanol–water partition coefficient (Wildman–Crippen LogP) is 5.11. The number of benzene rings is 2. The van der Waals surface area contributed by atoms with E-state index in [1.54, 1.807) is 13.1 Å². The largest absolute Gasteiger partial charge is 0.309 e. The topological polar surface area (TPSA) is 12.0 Å². The average molecular weight is 405 g/mol. The zero-order chi connectivity index (χ0) is 14.9. The summed E-state index contributed by atoms with van der Waals surface area (Å²) < 4.78 is 28.4. The Hall–Kier alpha value is -0.780. The Morgan fingerprint density at radius 2 is 1.70 bits per heavy atom. The molecule has 1 N–H and O–H groups in total. The molecule has 0 saturated heterocycles.